The highest BCUT2D eigenvalue weighted by Crippen LogP contribution is 2.22. The molecule has 4 nitrogen and oxygen atoms in total. The Labute approximate surface area is 141 Å². The lowest BCUT2D eigenvalue weighted by Crippen LogP contribution is -2.15. The topological polar surface area (TPSA) is 67.2 Å². The lowest BCUT2D eigenvalue weighted by molar-refractivity contribution is 0.0475. The molecule has 0 heterocycles. The van der Waals surface area contributed by atoms with Gasteiger partial charge >= 0.3 is 5.97 Å². The van der Waals surface area contributed by atoms with Crippen LogP contribution in [0.1, 0.15) is 52.6 Å². The number of ether oxygens (including phenoxy) is 1. The minimum absolute atomic E-state index is 0.0175. The molecule has 0 amide bonds. The summed E-state index contributed by atoms with van der Waals surface area (Å²) in [6.45, 7) is 5.99. The van der Waals surface area contributed by atoms with Crippen LogP contribution in [0.2, 0.25) is 0 Å². The Bertz CT molecular complexity index is 776. The standard InChI is InChI=1S/C20H19NO3/c1-20(2,3)17-10-8-15(9-11-17)18(22)13-24-19(23)16-6-4-14(12-21)5-7-16/h4-11H,13H2,1-3H3. The summed E-state index contributed by atoms with van der Waals surface area (Å²) in [5, 5.41) is 8.73. The molecule has 0 radical (unpaired) electrons. The van der Waals surface area contributed by atoms with E-state index in [1.165, 1.54) is 24.3 Å². The van der Waals surface area contributed by atoms with Crippen molar-refractivity contribution in [3.63, 3.8) is 0 Å². The van der Waals surface area contributed by atoms with Gasteiger partial charge in [-0.1, -0.05) is 45.0 Å². The Morgan fingerprint density at radius 2 is 1.50 bits per heavy atom. The van der Waals surface area contributed by atoms with E-state index in [0.29, 0.717) is 16.7 Å². The molecular formula is C20H19NO3. The summed E-state index contributed by atoms with van der Waals surface area (Å²) < 4.78 is 5.04. The third-order valence-electron chi connectivity index (χ3n) is 3.66. The van der Waals surface area contributed by atoms with Crippen molar-refractivity contribution in [2.45, 2.75) is 26.2 Å². The number of esters is 1. The molecule has 0 bridgehead atoms. The Hall–Kier alpha value is -2.93. The molecule has 0 N–H and O–H groups in total. The number of carbonyl (C=O) groups excluding carboxylic acids is 2. The lowest BCUT2D eigenvalue weighted by atomic mass is 9.86. The number of Topliss-reactive ketones (excluding diaryl/α,β-unsaturated/α-hetero) is 1. The van der Waals surface area contributed by atoms with Gasteiger partial charge in [-0.25, -0.2) is 4.79 Å². The van der Waals surface area contributed by atoms with E-state index >= 15 is 0 Å². The SMILES string of the molecule is CC(C)(C)c1ccc(C(=O)COC(=O)c2ccc(C#N)cc2)cc1. The fourth-order valence-corrected chi connectivity index (χ4v) is 2.13. The number of hydrogen-bond acceptors (Lipinski definition) is 4. The van der Waals surface area contributed by atoms with Crippen LogP contribution in [0, 0.1) is 11.3 Å². The van der Waals surface area contributed by atoms with Crippen molar-refractivity contribution >= 4 is 11.8 Å². The Balaban J connectivity index is 1.97. The van der Waals surface area contributed by atoms with Crippen LogP contribution in [-0.2, 0) is 10.2 Å². The van der Waals surface area contributed by atoms with E-state index in [1.54, 1.807) is 12.1 Å². The summed E-state index contributed by atoms with van der Waals surface area (Å²) in [7, 11) is 0. The van der Waals surface area contributed by atoms with Crippen LogP contribution in [0.15, 0.2) is 48.5 Å². The van der Waals surface area contributed by atoms with Gasteiger partial charge in [0.15, 0.2) is 12.4 Å². The minimum Gasteiger partial charge on any atom is -0.454 e. The number of benzene rings is 2. The molecule has 0 unspecified atom stereocenters. The highest BCUT2D eigenvalue weighted by molar-refractivity contribution is 5.99. The van der Waals surface area contributed by atoms with Gasteiger partial charge in [-0.3, -0.25) is 4.79 Å². The number of rotatable bonds is 4. The first-order valence-electron chi connectivity index (χ1n) is 7.62. The van der Waals surface area contributed by atoms with E-state index in [9.17, 15) is 9.59 Å². The molecule has 0 aliphatic carbocycles. The molecule has 0 atom stereocenters. The largest absolute Gasteiger partial charge is 0.454 e. The highest BCUT2D eigenvalue weighted by Gasteiger charge is 2.15. The summed E-state index contributed by atoms with van der Waals surface area (Å²) in [5.74, 6) is -0.836. The summed E-state index contributed by atoms with van der Waals surface area (Å²) >= 11 is 0. The van der Waals surface area contributed by atoms with Crippen molar-refractivity contribution in [2.75, 3.05) is 6.61 Å². The predicted molar refractivity (Wildman–Crippen MR) is 90.9 cm³/mol. The number of nitrogens with zero attached hydrogens (tertiary/aromatic N) is 1. The molecule has 2 rings (SSSR count). The normalized spacial score (nSPS) is 10.8. The average molecular weight is 321 g/mol. The van der Waals surface area contributed by atoms with Crippen molar-refractivity contribution < 1.29 is 14.3 Å². The lowest BCUT2D eigenvalue weighted by Gasteiger charge is -2.18. The zero-order chi connectivity index (χ0) is 17.7. The third-order valence-corrected chi connectivity index (χ3v) is 3.66. The van der Waals surface area contributed by atoms with Crippen LogP contribution in [-0.4, -0.2) is 18.4 Å². The number of carbonyl (C=O) groups is 2. The molecule has 2 aromatic rings. The molecule has 0 aliphatic heterocycles. The molecule has 0 saturated carbocycles. The van der Waals surface area contributed by atoms with Crippen molar-refractivity contribution in [1.29, 1.82) is 5.26 Å². The highest BCUT2D eigenvalue weighted by atomic mass is 16.5. The fourth-order valence-electron chi connectivity index (χ4n) is 2.13. The van der Waals surface area contributed by atoms with Crippen molar-refractivity contribution in [1.82, 2.24) is 0 Å². The van der Waals surface area contributed by atoms with Crippen molar-refractivity contribution in [2.24, 2.45) is 0 Å². The average Bonchev–Trinajstić information content (AvgIpc) is 2.58. The molecule has 2 aromatic carbocycles. The van der Waals surface area contributed by atoms with Gasteiger partial charge in [0.05, 0.1) is 17.2 Å². The van der Waals surface area contributed by atoms with E-state index in [0.717, 1.165) is 5.56 Å². The van der Waals surface area contributed by atoms with Gasteiger partial charge in [-0.05, 0) is 35.2 Å². The van der Waals surface area contributed by atoms with Gasteiger partial charge in [0.25, 0.3) is 0 Å². The van der Waals surface area contributed by atoms with Crippen LogP contribution in [0.4, 0.5) is 0 Å². The van der Waals surface area contributed by atoms with Crippen molar-refractivity contribution in [3.8, 4) is 6.07 Å². The zero-order valence-corrected chi connectivity index (χ0v) is 14.0. The van der Waals surface area contributed by atoms with Crippen molar-refractivity contribution in [3.05, 3.63) is 70.8 Å². The van der Waals surface area contributed by atoms with Crippen LogP contribution in [0.25, 0.3) is 0 Å². The van der Waals surface area contributed by atoms with E-state index in [2.05, 4.69) is 20.8 Å². The summed E-state index contributed by atoms with van der Waals surface area (Å²) in [4.78, 5) is 24.0. The molecule has 0 aliphatic rings. The van der Waals surface area contributed by atoms with Crippen LogP contribution in [0.5, 0.6) is 0 Å². The van der Waals surface area contributed by atoms with Crippen LogP contribution >= 0.6 is 0 Å². The predicted octanol–water partition coefficient (Wildman–Crippen LogP) is 3.90. The van der Waals surface area contributed by atoms with E-state index in [4.69, 9.17) is 10.00 Å². The molecule has 0 aromatic heterocycles. The number of hydrogen-bond donors (Lipinski definition) is 0. The number of nitriles is 1. The molecule has 0 saturated heterocycles. The second-order valence-corrected chi connectivity index (χ2v) is 6.52. The summed E-state index contributed by atoms with van der Waals surface area (Å²) in [6.07, 6.45) is 0. The second-order valence-electron chi connectivity index (χ2n) is 6.52. The maximum atomic E-state index is 12.1. The maximum absolute atomic E-state index is 12.1. The Morgan fingerprint density at radius 3 is 2.00 bits per heavy atom. The van der Waals surface area contributed by atoms with E-state index in [-0.39, 0.29) is 17.8 Å². The van der Waals surface area contributed by atoms with E-state index < -0.39 is 5.97 Å². The van der Waals surface area contributed by atoms with E-state index in [1.807, 2.05) is 18.2 Å². The van der Waals surface area contributed by atoms with Gasteiger partial charge < -0.3 is 4.74 Å². The summed E-state index contributed by atoms with van der Waals surface area (Å²) in [5.41, 5.74) is 2.43. The van der Waals surface area contributed by atoms with Crippen LogP contribution in [0.3, 0.4) is 0 Å². The van der Waals surface area contributed by atoms with Gasteiger partial charge in [-0.2, -0.15) is 5.26 Å². The fraction of sp³-hybridized carbons (Fsp3) is 0.250. The third kappa shape index (κ3) is 4.30. The van der Waals surface area contributed by atoms with Crippen LogP contribution < -0.4 is 0 Å². The molecule has 122 valence electrons. The Kier molecular flexibility index (Phi) is 5.15. The minimum atomic E-state index is -0.584. The summed E-state index contributed by atoms with van der Waals surface area (Å²) in [6, 6.07) is 15.4. The molecule has 24 heavy (non-hydrogen) atoms. The molecule has 4 heteroatoms. The first-order valence-corrected chi connectivity index (χ1v) is 7.62. The van der Waals surface area contributed by atoms with Gasteiger partial charge in [0.2, 0.25) is 0 Å². The van der Waals surface area contributed by atoms with Gasteiger partial charge in [-0.15, -0.1) is 0 Å². The van der Waals surface area contributed by atoms with Gasteiger partial charge in [0, 0.05) is 5.56 Å². The zero-order valence-electron chi connectivity index (χ0n) is 14.0. The molecule has 0 fully saturated rings. The molecule has 0 spiro atoms. The first kappa shape index (κ1) is 17.4. The smallest absolute Gasteiger partial charge is 0.338 e. The van der Waals surface area contributed by atoms with Gasteiger partial charge in [0.1, 0.15) is 0 Å². The molecular weight excluding hydrogens is 302 g/mol. The monoisotopic (exact) mass is 321 g/mol. The number of ketones is 1. The first-order chi connectivity index (χ1) is 11.3. The second kappa shape index (κ2) is 7.10. The maximum Gasteiger partial charge on any atom is 0.338 e. The quantitative estimate of drug-likeness (QED) is 0.633. The Morgan fingerprint density at radius 1 is 0.958 bits per heavy atom.